The van der Waals surface area contributed by atoms with Crippen LogP contribution in [0.3, 0.4) is 0 Å². The molecule has 0 spiro atoms. The molecule has 0 aliphatic rings. The number of aromatic amines is 2. The fraction of sp³-hybridized carbons (Fsp3) is 0.273. The van der Waals surface area contributed by atoms with Gasteiger partial charge in [0.15, 0.2) is 0 Å². The predicted octanol–water partition coefficient (Wildman–Crippen LogP) is 1.84. The number of nitrogens with one attached hydrogen (secondary N) is 2. The van der Waals surface area contributed by atoms with E-state index in [0.29, 0.717) is 11.6 Å². The van der Waals surface area contributed by atoms with Gasteiger partial charge in [0.05, 0.1) is 11.5 Å². The van der Waals surface area contributed by atoms with E-state index in [1.807, 2.05) is 0 Å². The van der Waals surface area contributed by atoms with Crippen LogP contribution < -0.4 is 10.4 Å². The largest absolute Gasteiger partial charge is 0.460 e. The summed E-state index contributed by atoms with van der Waals surface area (Å²) in [5, 5.41) is 5.90. The smallest absolute Gasteiger partial charge is 0.340 e. The van der Waals surface area contributed by atoms with Crippen molar-refractivity contribution in [1.29, 1.82) is 0 Å². The maximum Gasteiger partial charge on any atom is 0.340 e. The van der Waals surface area contributed by atoms with Crippen LogP contribution in [0.5, 0.6) is 5.75 Å². The first kappa shape index (κ1) is 13.6. The van der Waals surface area contributed by atoms with Gasteiger partial charge in [-0.3, -0.25) is 4.98 Å². The SMILES string of the molecule is O=c1[nH]nc(CSCC(F)Oc2ccc(F)cc2)[nH]1. The van der Waals surface area contributed by atoms with Gasteiger partial charge in [-0.1, -0.05) is 0 Å². The van der Waals surface area contributed by atoms with Crippen LogP contribution in [-0.2, 0) is 5.75 Å². The molecule has 8 heteroatoms. The molecule has 0 aliphatic carbocycles. The molecule has 1 atom stereocenters. The third-order valence-electron chi connectivity index (χ3n) is 2.12. The monoisotopic (exact) mass is 287 g/mol. The molecular formula is C11H11F2N3O2S. The van der Waals surface area contributed by atoms with Gasteiger partial charge in [0, 0.05) is 0 Å². The summed E-state index contributed by atoms with van der Waals surface area (Å²) in [5.74, 6) is 0.754. The van der Waals surface area contributed by atoms with Gasteiger partial charge in [-0.25, -0.2) is 18.7 Å². The minimum absolute atomic E-state index is 0.0757. The standard InChI is InChI=1S/C11H11F2N3O2S/c12-7-1-3-8(4-2-7)18-9(13)5-19-6-10-14-11(17)16-15-10/h1-4,9H,5-6H2,(H2,14,15,16,17). The molecule has 0 saturated heterocycles. The van der Waals surface area contributed by atoms with E-state index in [1.165, 1.54) is 36.0 Å². The molecule has 1 heterocycles. The van der Waals surface area contributed by atoms with Crippen molar-refractivity contribution in [3.05, 3.63) is 46.4 Å². The van der Waals surface area contributed by atoms with E-state index < -0.39 is 17.9 Å². The van der Waals surface area contributed by atoms with Crippen LogP contribution in [-0.4, -0.2) is 27.3 Å². The number of alkyl halides is 1. The summed E-state index contributed by atoms with van der Waals surface area (Å²) in [7, 11) is 0. The van der Waals surface area contributed by atoms with E-state index in [0.717, 1.165) is 0 Å². The Morgan fingerprint density at radius 3 is 2.74 bits per heavy atom. The molecule has 1 unspecified atom stereocenters. The molecule has 0 bridgehead atoms. The predicted molar refractivity (Wildman–Crippen MR) is 67.3 cm³/mol. The number of ether oxygens (including phenoxy) is 1. The second-order valence-electron chi connectivity index (χ2n) is 3.62. The van der Waals surface area contributed by atoms with Crippen LogP contribution >= 0.6 is 11.8 Å². The maximum atomic E-state index is 13.5. The van der Waals surface area contributed by atoms with Crippen molar-refractivity contribution in [2.45, 2.75) is 12.1 Å². The number of hydrogen-bond acceptors (Lipinski definition) is 4. The third-order valence-corrected chi connectivity index (χ3v) is 3.09. The molecule has 2 rings (SSSR count). The molecule has 1 aromatic carbocycles. The lowest BCUT2D eigenvalue weighted by Gasteiger charge is -2.10. The van der Waals surface area contributed by atoms with Crippen molar-refractivity contribution >= 4 is 11.8 Å². The van der Waals surface area contributed by atoms with Crippen molar-refractivity contribution in [2.24, 2.45) is 0 Å². The van der Waals surface area contributed by atoms with Crippen LogP contribution in [0.4, 0.5) is 8.78 Å². The normalized spacial score (nSPS) is 12.3. The molecule has 0 aliphatic heterocycles. The van der Waals surface area contributed by atoms with Crippen molar-refractivity contribution in [3.63, 3.8) is 0 Å². The Morgan fingerprint density at radius 1 is 1.37 bits per heavy atom. The van der Waals surface area contributed by atoms with Crippen LogP contribution in [0, 0.1) is 5.82 Å². The van der Waals surface area contributed by atoms with E-state index in [2.05, 4.69) is 15.2 Å². The number of H-pyrrole nitrogens is 2. The number of thioether (sulfide) groups is 1. The van der Waals surface area contributed by atoms with Crippen molar-refractivity contribution in [3.8, 4) is 5.75 Å². The van der Waals surface area contributed by atoms with Crippen LogP contribution in [0.25, 0.3) is 0 Å². The molecule has 19 heavy (non-hydrogen) atoms. The highest BCUT2D eigenvalue weighted by molar-refractivity contribution is 7.98. The van der Waals surface area contributed by atoms with Crippen LogP contribution in [0.1, 0.15) is 5.82 Å². The van der Waals surface area contributed by atoms with Crippen molar-refractivity contribution in [1.82, 2.24) is 15.2 Å². The van der Waals surface area contributed by atoms with Gasteiger partial charge in [0.25, 0.3) is 0 Å². The number of rotatable bonds is 6. The lowest BCUT2D eigenvalue weighted by molar-refractivity contribution is 0.0905. The summed E-state index contributed by atoms with van der Waals surface area (Å²) >= 11 is 1.22. The summed E-state index contributed by atoms with van der Waals surface area (Å²) in [6.45, 7) is 0. The number of nitrogens with zero attached hydrogens (tertiary/aromatic N) is 1. The zero-order valence-corrected chi connectivity index (χ0v) is 10.5. The minimum Gasteiger partial charge on any atom is -0.460 e. The number of aromatic nitrogens is 3. The van der Waals surface area contributed by atoms with Crippen molar-refractivity contribution in [2.75, 3.05) is 5.75 Å². The number of hydrogen-bond donors (Lipinski definition) is 2. The molecule has 2 aromatic rings. The lowest BCUT2D eigenvalue weighted by Crippen LogP contribution is -2.13. The second kappa shape index (κ2) is 6.37. The molecule has 0 radical (unpaired) electrons. The van der Waals surface area contributed by atoms with Gasteiger partial charge in [-0.05, 0) is 24.3 Å². The second-order valence-corrected chi connectivity index (χ2v) is 4.65. The fourth-order valence-electron chi connectivity index (χ4n) is 1.32. The highest BCUT2D eigenvalue weighted by Crippen LogP contribution is 2.17. The Morgan fingerprint density at radius 2 is 2.11 bits per heavy atom. The molecule has 5 nitrogen and oxygen atoms in total. The Kier molecular flexibility index (Phi) is 4.56. The average Bonchev–Trinajstić information content (AvgIpc) is 2.78. The van der Waals surface area contributed by atoms with Gasteiger partial charge in [0.2, 0.25) is 6.36 Å². The average molecular weight is 287 g/mol. The Balaban J connectivity index is 1.74. The summed E-state index contributed by atoms with van der Waals surface area (Å²) in [4.78, 5) is 13.2. The molecule has 0 saturated carbocycles. The van der Waals surface area contributed by atoms with Gasteiger partial charge in [-0.2, -0.15) is 5.10 Å². The molecule has 1 aromatic heterocycles. The molecular weight excluding hydrogens is 276 g/mol. The fourth-order valence-corrected chi connectivity index (χ4v) is 2.02. The highest BCUT2D eigenvalue weighted by Gasteiger charge is 2.09. The maximum absolute atomic E-state index is 13.5. The zero-order valence-electron chi connectivity index (χ0n) is 9.73. The zero-order chi connectivity index (χ0) is 13.7. The third kappa shape index (κ3) is 4.40. The van der Waals surface area contributed by atoms with E-state index >= 15 is 0 Å². The Hall–Kier alpha value is -1.83. The van der Waals surface area contributed by atoms with E-state index in [4.69, 9.17) is 4.74 Å². The molecule has 2 N–H and O–H groups in total. The summed E-state index contributed by atoms with van der Waals surface area (Å²) in [6, 6.07) is 5.11. The summed E-state index contributed by atoms with van der Waals surface area (Å²) in [5.41, 5.74) is -0.394. The van der Waals surface area contributed by atoms with E-state index in [1.54, 1.807) is 0 Å². The number of halogens is 2. The quantitative estimate of drug-likeness (QED) is 0.850. The van der Waals surface area contributed by atoms with E-state index in [-0.39, 0.29) is 11.5 Å². The minimum atomic E-state index is -1.51. The summed E-state index contributed by atoms with van der Waals surface area (Å²) < 4.78 is 31.0. The molecule has 0 fully saturated rings. The van der Waals surface area contributed by atoms with Crippen molar-refractivity contribution < 1.29 is 13.5 Å². The first-order chi connectivity index (χ1) is 9.13. The van der Waals surface area contributed by atoms with Crippen LogP contribution in [0.2, 0.25) is 0 Å². The molecule has 0 amide bonds. The summed E-state index contributed by atoms with van der Waals surface area (Å²) in [6.07, 6.45) is -1.51. The highest BCUT2D eigenvalue weighted by atomic mass is 32.2. The Bertz CT molecular complexity index is 570. The van der Waals surface area contributed by atoms with Gasteiger partial charge < -0.3 is 4.74 Å². The van der Waals surface area contributed by atoms with Gasteiger partial charge in [-0.15, -0.1) is 11.8 Å². The topological polar surface area (TPSA) is 70.8 Å². The molecule has 102 valence electrons. The first-order valence-electron chi connectivity index (χ1n) is 5.41. The first-order valence-corrected chi connectivity index (χ1v) is 6.56. The van der Waals surface area contributed by atoms with Crippen LogP contribution in [0.15, 0.2) is 29.1 Å². The van der Waals surface area contributed by atoms with E-state index in [9.17, 15) is 13.6 Å². The Labute approximate surface area is 111 Å². The number of benzene rings is 1. The lowest BCUT2D eigenvalue weighted by atomic mass is 10.3. The van der Waals surface area contributed by atoms with Gasteiger partial charge >= 0.3 is 5.69 Å². The van der Waals surface area contributed by atoms with Gasteiger partial charge in [0.1, 0.15) is 17.4 Å².